The molecular formula is C24H35ClN4O5S. The van der Waals surface area contributed by atoms with Gasteiger partial charge in [0.15, 0.2) is 11.5 Å². The lowest BCUT2D eigenvalue weighted by Crippen LogP contribution is -2.38. The van der Waals surface area contributed by atoms with E-state index in [4.69, 9.17) is 15.2 Å². The number of amides is 2. The zero-order valence-electron chi connectivity index (χ0n) is 21.0. The van der Waals surface area contributed by atoms with Gasteiger partial charge in [-0.3, -0.25) is 19.0 Å². The molecule has 1 aromatic heterocycles. The molecule has 11 heteroatoms. The van der Waals surface area contributed by atoms with Crippen molar-refractivity contribution >= 4 is 47.2 Å². The van der Waals surface area contributed by atoms with Gasteiger partial charge < -0.3 is 20.5 Å². The van der Waals surface area contributed by atoms with E-state index in [1.807, 2.05) is 34.6 Å². The Labute approximate surface area is 216 Å². The molecule has 0 fully saturated rings. The lowest BCUT2D eigenvalue weighted by Gasteiger charge is -2.18. The number of aromatic nitrogens is 1. The van der Waals surface area contributed by atoms with Crippen LogP contribution in [0.1, 0.15) is 57.8 Å². The third-order valence-corrected chi connectivity index (χ3v) is 5.94. The van der Waals surface area contributed by atoms with Gasteiger partial charge in [-0.1, -0.05) is 41.0 Å². The van der Waals surface area contributed by atoms with Gasteiger partial charge in [-0.2, -0.15) is 4.99 Å². The second-order valence-electron chi connectivity index (χ2n) is 9.28. The average molecular weight is 527 g/mol. The van der Waals surface area contributed by atoms with Gasteiger partial charge in [-0.15, -0.1) is 23.7 Å². The molecule has 0 radical (unpaired) electrons. The van der Waals surface area contributed by atoms with Gasteiger partial charge in [0, 0.05) is 23.6 Å². The molecule has 194 valence electrons. The van der Waals surface area contributed by atoms with Crippen LogP contribution < -0.4 is 20.6 Å². The van der Waals surface area contributed by atoms with Crippen LogP contribution in [0.2, 0.25) is 0 Å². The smallest absolute Gasteiger partial charge is 0.324 e. The van der Waals surface area contributed by atoms with Gasteiger partial charge >= 0.3 is 5.97 Å². The van der Waals surface area contributed by atoms with Crippen molar-refractivity contribution < 1.29 is 23.9 Å². The molecular weight excluding hydrogens is 492 g/mol. The maximum absolute atomic E-state index is 12.8. The van der Waals surface area contributed by atoms with Crippen molar-refractivity contribution in [2.24, 2.45) is 22.1 Å². The number of rotatable bonds is 9. The molecule has 0 aliphatic carbocycles. The minimum atomic E-state index is -0.707. The van der Waals surface area contributed by atoms with Crippen molar-refractivity contribution in [3.05, 3.63) is 40.1 Å². The number of anilines is 1. The van der Waals surface area contributed by atoms with E-state index in [2.05, 4.69) is 10.3 Å². The number of nitrogens with two attached hydrogens (primary N) is 1. The summed E-state index contributed by atoms with van der Waals surface area (Å²) in [7, 11) is 1.46. The largest absolute Gasteiger partial charge is 0.495 e. The zero-order chi connectivity index (χ0) is 25.5. The predicted molar refractivity (Wildman–Crippen MR) is 139 cm³/mol. The highest BCUT2D eigenvalue weighted by atomic mass is 35.5. The summed E-state index contributed by atoms with van der Waals surface area (Å²) in [6.07, 6.45) is 2.78. The van der Waals surface area contributed by atoms with Gasteiger partial charge in [0.1, 0.15) is 11.8 Å². The van der Waals surface area contributed by atoms with Crippen LogP contribution in [0.3, 0.4) is 0 Å². The zero-order valence-corrected chi connectivity index (χ0v) is 22.6. The first-order valence-electron chi connectivity index (χ1n) is 11.1. The second kappa shape index (κ2) is 13.4. The number of carbonyl (C=O) groups is 3. The van der Waals surface area contributed by atoms with Gasteiger partial charge in [-0.05, 0) is 29.5 Å². The number of halogens is 1. The van der Waals surface area contributed by atoms with E-state index in [9.17, 15) is 14.4 Å². The fraction of sp³-hybridized carbons (Fsp3) is 0.500. The van der Waals surface area contributed by atoms with Crippen molar-refractivity contribution in [2.45, 2.75) is 60.2 Å². The third-order valence-electron chi connectivity index (χ3n) is 5.15. The standard InChI is InChI=1S/C24H34N4O5S.ClH/c1-7-15(2)20(25)22(31)33-14-28-10-11-34-23(28)27-21(30)16-8-9-17(18(12-16)32-6)26-19(29)13-24(3,4)5;/h8-12,15,20H,7,13-14,25H2,1-6H3,(H,26,29);1H/b27-23-;/t15-,20-;/m0./s1. The molecule has 0 saturated heterocycles. The molecule has 2 amide bonds. The Bertz CT molecular complexity index is 1090. The Morgan fingerprint density at radius 3 is 2.54 bits per heavy atom. The average Bonchev–Trinajstić information content (AvgIpc) is 3.21. The molecule has 0 aliphatic rings. The molecule has 1 heterocycles. The lowest BCUT2D eigenvalue weighted by atomic mass is 9.92. The summed E-state index contributed by atoms with van der Waals surface area (Å²) >= 11 is 1.23. The minimum absolute atomic E-state index is 0. The summed E-state index contributed by atoms with van der Waals surface area (Å²) in [5, 5.41) is 4.56. The van der Waals surface area contributed by atoms with Gasteiger partial charge in [0.2, 0.25) is 5.91 Å². The lowest BCUT2D eigenvalue weighted by molar-refractivity contribution is -0.150. The van der Waals surface area contributed by atoms with Crippen molar-refractivity contribution in [3.8, 4) is 5.75 Å². The number of benzene rings is 1. The van der Waals surface area contributed by atoms with Crippen LogP contribution in [0.15, 0.2) is 34.8 Å². The molecule has 0 spiro atoms. The number of methoxy groups -OCH3 is 1. The van der Waals surface area contributed by atoms with E-state index >= 15 is 0 Å². The van der Waals surface area contributed by atoms with Crippen LogP contribution in [0, 0.1) is 11.3 Å². The van der Waals surface area contributed by atoms with E-state index in [1.54, 1.807) is 28.3 Å². The number of hydrogen-bond donors (Lipinski definition) is 2. The van der Waals surface area contributed by atoms with Crippen molar-refractivity contribution in [1.82, 2.24) is 4.57 Å². The number of hydrogen-bond acceptors (Lipinski definition) is 7. The molecule has 0 aliphatic heterocycles. The van der Waals surface area contributed by atoms with E-state index < -0.39 is 17.9 Å². The Morgan fingerprint density at radius 2 is 1.94 bits per heavy atom. The summed E-state index contributed by atoms with van der Waals surface area (Å²) in [4.78, 5) is 41.7. The number of carbonyl (C=O) groups excluding carboxylic acids is 3. The fourth-order valence-electron chi connectivity index (χ4n) is 2.96. The Hall–Kier alpha value is -2.69. The molecule has 1 aromatic carbocycles. The van der Waals surface area contributed by atoms with Gasteiger partial charge in [-0.25, -0.2) is 0 Å². The Kier molecular flexibility index (Phi) is 11.6. The highest BCUT2D eigenvalue weighted by molar-refractivity contribution is 7.07. The van der Waals surface area contributed by atoms with Crippen LogP contribution in [0.5, 0.6) is 5.75 Å². The first-order valence-corrected chi connectivity index (χ1v) is 12.0. The fourth-order valence-corrected chi connectivity index (χ4v) is 3.67. The molecule has 2 rings (SSSR count). The molecule has 2 aromatic rings. The predicted octanol–water partition coefficient (Wildman–Crippen LogP) is 3.97. The first-order chi connectivity index (χ1) is 15.9. The molecule has 3 N–H and O–H groups in total. The Morgan fingerprint density at radius 1 is 1.26 bits per heavy atom. The monoisotopic (exact) mass is 526 g/mol. The van der Waals surface area contributed by atoms with Crippen LogP contribution in [-0.2, 0) is 21.1 Å². The van der Waals surface area contributed by atoms with Crippen LogP contribution >= 0.6 is 23.7 Å². The molecule has 9 nitrogen and oxygen atoms in total. The summed E-state index contributed by atoms with van der Waals surface area (Å²) < 4.78 is 12.2. The summed E-state index contributed by atoms with van der Waals surface area (Å²) in [5.74, 6) is -0.780. The molecule has 2 atom stereocenters. The van der Waals surface area contributed by atoms with E-state index in [1.165, 1.54) is 24.5 Å². The van der Waals surface area contributed by atoms with Crippen molar-refractivity contribution in [2.75, 3.05) is 12.4 Å². The number of nitrogens with one attached hydrogen (secondary N) is 1. The van der Waals surface area contributed by atoms with Crippen LogP contribution in [-0.4, -0.2) is 35.5 Å². The third kappa shape index (κ3) is 9.12. The number of ether oxygens (including phenoxy) is 2. The van der Waals surface area contributed by atoms with Crippen molar-refractivity contribution in [1.29, 1.82) is 0 Å². The Balaban J connectivity index is 0.00000612. The van der Waals surface area contributed by atoms with Gasteiger partial charge in [0.05, 0.1) is 12.8 Å². The molecule has 0 unspecified atom stereocenters. The topological polar surface area (TPSA) is 125 Å². The highest BCUT2D eigenvalue weighted by Gasteiger charge is 2.21. The van der Waals surface area contributed by atoms with E-state index in [-0.39, 0.29) is 36.4 Å². The summed E-state index contributed by atoms with van der Waals surface area (Å²) in [6, 6.07) is 4.01. The van der Waals surface area contributed by atoms with Gasteiger partial charge in [0.25, 0.3) is 5.91 Å². The first kappa shape index (κ1) is 30.3. The van der Waals surface area contributed by atoms with Crippen molar-refractivity contribution in [3.63, 3.8) is 0 Å². The second-order valence-corrected chi connectivity index (χ2v) is 10.1. The number of thiazole rings is 1. The summed E-state index contributed by atoms with van der Waals surface area (Å²) in [6.45, 7) is 9.68. The van der Waals surface area contributed by atoms with E-state index in [0.717, 1.165) is 6.42 Å². The van der Waals surface area contributed by atoms with Crippen LogP contribution in [0.4, 0.5) is 5.69 Å². The quantitative estimate of drug-likeness (QED) is 0.476. The molecule has 0 saturated carbocycles. The molecule has 0 bridgehead atoms. The summed E-state index contributed by atoms with van der Waals surface area (Å²) in [5.41, 5.74) is 6.52. The maximum atomic E-state index is 12.8. The normalized spacial score (nSPS) is 13.4. The number of esters is 1. The SMILES string of the molecule is CC[C@H](C)[C@H](N)C(=O)OCn1ccs/c1=N\C(=O)c1ccc(NC(=O)CC(C)(C)C)c(OC)c1.Cl. The minimum Gasteiger partial charge on any atom is -0.495 e. The molecule has 35 heavy (non-hydrogen) atoms. The van der Waals surface area contributed by atoms with E-state index in [0.29, 0.717) is 28.2 Å². The van der Waals surface area contributed by atoms with Crippen LogP contribution in [0.25, 0.3) is 0 Å². The number of nitrogens with zero attached hydrogens (tertiary/aromatic N) is 2. The highest BCUT2D eigenvalue weighted by Crippen LogP contribution is 2.27. The maximum Gasteiger partial charge on any atom is 0.324 e.